The summed E-state index contributed by atoms with van der Waals surface area (Å²) >= 11 is 0. The Balaban J connectivity index is 1.30. The predicted molar refractivity (Wildman–Crippen MR) is 125 cm³/mol. The number of alkyl halides is 3. The molecule has 188 valence electrons. The van der Waals surface area contributed by atoms with E-state index in [2.05, 4.69) is 12.2 Å². The highest BCUT2D eigenvalue weighted by Crippen LogP contribution is 2.55. The summed E-state index contributed by atoms with van der Waals surface area (Å²) in [7, 11) is 0. The van der Waals surface area contributed by atoms with E-state index >= 15 is 0 Å². The Bertz CT molecular complexity index is 893. The van der Waals surface area contributed by atoms with Crippen molar-refractivity contribution in [3.05, 3.63) is 34.9 Å². The van der Waals surface area contributed by atoms with Gasteiger partial charge in [0.25, 0.3) is 0 Å². The molecule has 0 aromatic carbocycles. The highest BCUT2D eigenvalue weighted by molar-refractivity contribution is 5.84. The summed E-state index contributed by atoms with van der Waals surface area (Å²) in [6.07, 6.45) is 7.96. The fraction of sp³-hybridized carbons (Fsp3) is 0.741. The van der Waals surface area contributed by atoms with Crippen molar-refractivity contribution in [1.29, 1.82) is 0 Å². The average molecular weight is 479 g/mol. The Morgan fingerprint density at radius 2 is 2.18 bits per heavy atom. The van der Waals surface area contributed by atoms with Gasteiger partial charge in [0.15, 0.2) is 0 Å². The molecule has 34 heavy (non-hydrogen) atoms. The molecule has 5 aliphatic rings. The van der Waals surface area contributed by atoms with Crippen molar-refractivity contribution in [2.45, 2.75) is 83.0 Å². The first kappa shape index (κ1) is 24.1. The van der Waals surface area contributed by atoms with Gasteiger partial charge in [-0.2, -0.15) is 13.2 Å². The highest BCUT2D eigenvalue weighted by atomic mass is 19.4. The van der Waals surface area contributed by atoms with Crippen LogP contribution in [0.3, 0.4) is 0 Å². The summed E-state index contributed by atoms with van der Waals surface area (Å²) in [6.45, 7) is 4.73. The zero-order chi connectivity index (χ0) is 23.9. The normalized spacial score (nSPS) is 36.2. The van der Waals surface area contributed by atoms with Gasteiger partial charge in [0.05, 0.1) is 17.6 Å². The number of carbonyl (C=O) groups is 1. The minimum absolute atomic E-state index is 0.184. The molecule has 2 aliphatic heterocycles. The molecule has 2 heterocycles. The number of fused-ring (bicyclic) bond motifs is 1. The van der Waals surface area contributed by atoms with Gasteiger partial charge in [0.1, 0.15) is 0 Å². The molecule has 0 spiro atoms. The lowest BCUT2D eigenvalue weighted by Gasteiger charge is -2.38. The van der Waals surface area contributed by atoms with Crippen molar-refractivity contribution in [3.8, 4) is 0 Å². The van der Waals surface area contributed by atoms with Crippen LogP contribution in [0.2, 0.25) is 0 Å². The Hall–Kier alpha value is -1.60. The van der Waals surface area contributed by atoms with Crippen molar-refractivity contribution >= 4 is 5.91 Å². The Morgan fingerprint density at radius 3 is 2.97 bits per heavy atom. The van der Waals surface area contributed by atoms with E-state index in [0.29, 0.717) is 55.4 Å². The molecule has 3 aliphatic carbocycles. The molecule has 1 saturated heterocycles. The standard InChI is InChI=1S/C27H37F3N2O2/c1-2-18-17-34-12-9-24(18)31-23-14-21-7-4-10-26(21,15-23)25(33)32-11-8-19-5-3-6-22(27(28,29)30)13-20(19)16-32/h3,6,13,18,21,23-24,31H,2,4-5,7-12,14-17H2,1H3/t18-,21-,23-,24+,26-/m1/s1. The summed E-state index contributed by atoms with van der Waals surface area (Å²) < 4.78 is 45.9. The molecular weight excluding hydrogens is 441 g/mol. The van der Waals surface area contributed by atoms with Crippen LogP contribution in [-0.4, -0.2) is 55.4 Å². The quantitative estimate of drug-likeness (QED) is 0.595. The van der Waals surface area contributed by atoms with E-state index in [1.165, 1.54) is 12.2 Å². The summed E-state index contributed by atoms with van der Waals surface area (Å²) in [5.41, 5.74) is 0.762. The number of ether oxygens (including phenoxy) is 1. The lowest BCUT2D eigenvalue weighted by atomic mass is 9.78. The molecule has 5 rings (SSSR count). The summed E-state index contributed by atoms with van der Waals surface area (Å²) in [4.78, 5) is 15.9. The molecule has 0 bridgehead atoms. The smallest absolute Gasteiger partial charge is 0.381 e. The number of carbonyl (C=O) groups excluding carboxylic acids is 1. The maximum absolute atomic E-state index is 14.0. The Labute approximate surface area is 200 Å². The first-order valence-corrected chi connectivity index (χ1v) is 13.1. The lowest BCUT2D eigenvalue weighted by molar-refractivity contribution is -0.143. The van der Waals surface area contributed by atoms with Crippen LogP contribution in [0.15, 0.2) is 34.9 Å². The van der Waals surface area contributed by atoms with Crippen LogP contribution in [-0.2, 0) is 9.53 Å². The minimum atomic E-state index is -4.37. The van der Waals surface area contributed by atoms with E-state index in [0.717, 1.165) is 63.7 Å². The fourth-order valence-corrected chi connectivity index (χ4v) is 7.28. The summed E-state index contributed by atoms with van der Waals surface area (Å²) in [5.74, 6) is 1.08. The van der Waals surface area contributed by atoms with Crippen LogP contribution < -0.4 is 5.32 Å². The van der Waals surface area contributed by atoms with Crippen molar-refractivity contribution < 1.29 is 22.7 Å². The van der Waals surface area contributed by atoms with E-state index in [-0.39, 0.29) is 11.3 Å². The molecule has 4 nitrogen and oxygen atoms in total. The van der Waals surface area contributed by atoms with Gasteiger partial charge in [-0.25, -0.2) is 0 Å². The molecule has 0 radical (unpaired) electrons. The average Bonchev–Trinajstić information content (AvgIpc) is 3.27. The summed E-state index contributed by atoms with van der Waals surface area (Å²) in [6, 6.07) is 0.784. The Kier molecular flexibility index (Phi) is 6.70. The second-order valence-electron chi connectivity index (χ2n) is 11.0. The van der Waals surface area contributed by atoms with Gasteiger partial charge >= 0.3 is 6.18 Å². The third kappa shape index (κ3) is 4.50. The van der Waals surface area contributed by atoms with Gasteiger partial charge < -0.3 is 15.0 Å². The first-order valence-electron chi connectivity index (χ1n) is 13.1. The second-order valence-corrected chi connectivity index (χ2v) is 11.0. The number of hydrogen-bond acceptors (Lipinski definition) is 3. The number of hydrogen-bond donors (Lipinski definition) is 1. The van der Waals surface area contributed by atoms with E-state index in [1.807, 2.05) is 4.90 Å². The van der Waals surface area contributed by atoms with Crippen LogP contribution >= 0.6 is 0 Å². The zero-order valence-electron chi connectivity index (χ0n) is 20.1. The summed E-state index contributed by atoms with van der Waals surface area (Å²) in [5, 5.41) is 3.90. The molecule has 1 N–H and O–H groups in total. The van der Waals surface area contributed by atoms with Crippen LogP contribution in [0.25, 0.3) is 0 Å². The van der Waals surface area contributed by atoms with Gasteiger partial charge in [0.2, 0.25) is 5.91 Å². The zero-order valence-corrected chi connectivity index (χ0v) is 20.1. The van der Waals surface area contributed by atoms with E-state index in [4.69, 9.17) is 4.74 Å². The Morgan fingerprint density at radius 1 is 1.32 bits per heavy atom. The van der Waals surface area contributed by atoms with E-state index in [1.54, 1.807) is 6.08 Å². The van der Waals surface area contributed by atoms with Crippen LogP contribution in [0.1, 0.15) is 64.7 Å². The molecular formula is C27H37F3N2O2. The van der Waals surface area contributed by atoms with Gasteiger partial charge in [-0.1, -0.05) is 31.1 Å². The number of halogens is 3. The number of rotatable bonds is 4. The van der Waals surface area contributed by atoms with Crippen molar-refractivity contribution in [3.63, 3.8) is 0 Å². The number of allylic oxidation sites excluding steroid dienone is 3. The molecule has 2 saturated carbocycles. The van der Waals surface area contributed by atoms with Crippen molar-refractivity contribution in [2.75, 3.05) is 26.3 Å². The second kappa shape index (κ2) is 9.45. The molecule has 5 atom stereocenters. The van der Waals surface area contributed by atoms with Crippen molar-refractivity contribution in [2.24, 2.45) is 17.3 Å². The molecule has 3 fully saturated rings. The molecule has 7 heteroatoms. The maximum atomic E-state index is 14.0. The number of nitrogens with zero attached hydrogens (tertiary/aromatic N) is 1. The van der Waals surface area contributed by atoms with Crippen LogP contribution in [0, 0.1) is 17.3 Å². The SMILES string of the molecule is CC[C@@H]1COCC[C@@H]1N[C@@H]1C[C@H]2CCC[C@@]2(C(=O)N2CCC3=C(C=C(C(F)(F)F)C=CC3)C2)C1. The molecule has 0 unspecified atom stereocenters. The maximum Gasteiger partial charge on any atom is 0.416 e. The topological polar surface area (TPSA) is 41.6 Å². The lowest BCUT2D eigenvalue weighted by Crippen LogP contribution is -2.49. The third-order valence-electron chi connectivity index (χ3n) is 9.12. The molecule has 0 aromatic heterocycles. The predicted octanol–water partition coefficient (Wildman–Crippen LogP) is 5.32. The van der Waals surface area contributed by atoms with Crippen molar-refractivity contribution in [1.82, 2.24) is 10.2 Å². The van der Waals surface area contributed by atoms with Gasteiger partial charge in [-0.15, -0.1) is 0 Å². The van der Waals surface area contributed by atoms with Crippen LogP contribution in [0.4, 0.5) is 13.2 Å². The van der Waals surface area contributed by atoms with E-state index < -0.39 is 11.7 Å². The van der Waals surface area contributed by atoms with Gasteiger partial charge in [-0.05, 0) is 74.9 Å². The van der Waals surface area contributed by atoms with E-state index in [9.17, 15) is 18.0 Å². The first-order chi connectivity index (χ1) is 16.3. The minimum Gasteiger partial charge on any atom is -0.381 e. The molecule has 0 aromatic rings. The third-order valence-corrected chi connectivity index (χ3v) is 9.12. The largest absolute Gasteiger partial charge is 0.416 e. The number of nitrogens with one attached hydrogen (secondary N) is 1. The fourth-order valence-electron chi connectivity index (χ4n) is 7.28. The highest BCUT2D eigenvalue weighted by Gasteiger charge is 2.56. The molecule has 1 amide bonds. The monoisotopic (exact) mass is 478 g/mol. The number of amides is 1. The van der Waals surface area contributed by atoms with Gasteiger partial charge in [0, 0.05) is 31.8 Å². The van der Waals surface area contributed by atoms with Crippen LogP contribution in [0.5, 0.6) is 0 Å². The van der Waals surface area contributed by atoms with Gasteiger partial charge in [-0.3, -0.25) is 4.79 Å².